The molecule has 0 aromatic carbocycles. The second-order valence-electron chi connectivity index (χ2n) is 3.71. The monoisotopic (exact) mass is 150 g/mol. The van der Waals surface area contributed by atoms with Crippen molar-refractivity contribution in [3.05, 3.63) is 19.1 Å². The number of hydrogen-bond donors (Lipinski definition) is 0. The van der Waals surface area contributed by atoms with E-state index < -0.39 is 0 Å². The third-order valence-corrected chi connectivity index (χ3v) is 3.05. The van der Waals surface area contributed by atoms with Crippen LogP contribution in [0.4, 0.5) is 0 Å². The lowest BCUT2D eigenvalue weighted by molar-refractivity contribution is 0.0679. The molecule has 1 radical (unpaired) electrons. The van der Waals surface area contributed by atoms with E-state index in [0.717, 1.165) is 12.0 Å². The Hall–Kier alpha value is -0.300. The first kappa shape index (κ1) is 7.35. The van der Waals surface area contributed by atoms with Crippen molar-refractivity contribution in [2.45, 2.75) is 25.3 Å². The molecule has 3 aliphatic heterocycles. The topological polar surface area (TPSA) is 3.24 Å². The lowest BCUT2D eigenvalue weighted by atomic mass is 9.82. The predicted octanol–water partition coefficient (Wildman–Crippen LogP) is 1.86. The van der Waals surface area contributed by atoms with Crippen LogP contribution in [0.5, 0.6) is 0 Å². The van der Waals surface area contributed by atoms with Crippen LogP contribution in [-0.2, 0) is 0 Å². The molecule has 0 saturated carbocycles. The highest BCUT2D eigenvalue weighted by atomic mass is 15.2. The molecule has 3 rings (SSSR count). The molecule has 1 unspecified atom stereocenters. The van der Waals surface area contributed by atoms with Crippen molar-refractivity contribution in [2.24, 2.45) is 5.92 Å². The van der Waals surface area contributed by atoms with Crippen LogP contribution in [0.25, 0.3) is 0 Å². The van der Waals surface area contributed by atoms with Gasteiger partial charge in [0.25, 0.3) is 0 Å². The number of fused-ring (bicyclic) bond motifs is 3. The van der Waals surface area contributed by atoms with E-state index in [-0.39, 0.29) is 0 Å². The molecule has 0 aromatic rings. The summed E-state index contributed by atoms with van der Waals surface area (Å²) in [5.74, 6) is 1.01. The first-order chi connectivity index (χ1) is 5.40. The molecule has 0 spiro atoms. The second-order valence-corrected chi connectivity index (χ2v) is 3.71. The summed E-state index contributed by atoms with van der Waals surface area (Å²) in [7, 11) is 0. The van der Waals surface area contributed by atoms with Crippen molar-refractivity contribution in [3.8, 4) is 0 Å². The van der Waals surface area contributed by atoms with E-state index in [1.807, 2.05) is 6.08 Å². The van der Waals surface area contributed by atoms with Crippen LogP contribution >= 0.6 is 0 Å². The van der Waals surface area contributed by atoms with E-state index in [2.05, 4.69) is 17.9 Å². The van der Waals surface area contributed by atoms with Gasteiger partial charge in [-0.3, -0.25) is 4.90 Å². The van der Waals surface area contributed by atoms with Gasteiger partial charge in [-0.1, -0.05) is 6.08 Å². The third-order valence-electron chi connectivity index (χ3n) is 3.05. The molecule has 3 saturated heterocycles. The molecule has 0 amide bonds. The normalized spacial score (nSPS) is 42.4. The number of hydrogen-bond acceptors (Lipinski definition) is 1. The minimum absolute atomic E-state index is 0.722. The molecule has 3 aliphatic rings. The number of piperidine rings is 3. The predicted molar refractivity (Wildman–Crippen MR) is 47.2 cm³/mol. The molecule has 1 heteroatoms. The van der Waals surface area contributed by atoms with E-state index >= 15 is 0 Å². The van der Waals surface area contributed by atoms with E-state index in [4.69, 9.17) is 0 Å². The molecule has 3 heterocycles. The summed E-state index contributed by atoms with van der Waals surface area (Å²) in [6.45, 7) is 6.39. The van der Waals surface area contributed by atoms with E-state index in [9.17, 15) is 0 Å². The van der Waals surface area contributed by atoms with Gasteiger partial charge in [0.1, 0.15) is 0 Å². The molecule has 61 valence electrons. The first-order valence-electron chi connectivity index (χ1n) is 4.60. The van der Waals surface area contributed by atoms with Crippen LogP contribution in [0.2, 0.25) is 0 Å². The largest absolute Gasteiger partial charge is 0.300 e. The Labute approximate surface area is 69.1 Å². The minimum Gasteiger partial charge on any atom is -0.300 e. The summed E-state index contributed by atoms with van der Waals surface area (Å²) in [4.78, 5) is 2.58. The van der Waals surface area contributed by atoms with Gasteiger partial charge in [-0.15, -0.1) is 6.58 Å². The van der Waals surface area contributed by atoms with Crippen LogP contribution in [0.3, 0.4) is 0 Å². The highest BCUT2D eigenvalue weighted by Crippen LogP contribution is 2.32. The van der Waals surface area contributed by atoms with Gasteiger partial charge < -0.3 is 0 Å². The molecule has 2 bridgehead atoms. The SMILES string of the molecule is C=C[CH]C1CC2CCN1CC2. The highest BCUT2D eigenvalue weighted by molar-refractivity contribution is 5.02. The molecule has 1 nitrogen and oxygen atoms in total. The van der Waals surface area contributed by atoms with Crippen LogP contribution < -0.4 is 0 Å². The Morgan fingerprint density at radius 3 is 2.45 bits per heavy atom. The summed E-state index contributed by atoms with van der Waals surface area (Å²) in [6, 6.07) is 0.722. The average Bonchev–Trinajstić information content (AvgIpc) is 2.07. The first-order valence-corrected chi connectivity index (χ1v) is 4.60. The fraction of sp³-hybridized carbons (Fsp3) is 0.700. The molecular weight excluding hydrogens is 134 g/mol. The van der Waals surface area contributed by atoms with Crippen molar-refractivity contribution in [1.82, 2.24) is 4.90 Å². The van der Waals surface area contributed by atoms with E-state index in [0.29, 0.717) is 0 Å². The fourth-order valence-corrected chi connectivity index (χ4v) is 2.37. The molecule has 0 aromatic heterocycles. The Balaban J connectivity index is 1.97. The zero-order chi connectivity index (χ0) is 7.68. The van der Waals surface area contributed by atoms with E-state index in [1.165, 1.54) is 32.4 Å². The summed E-state index contributed by atoms with van der Waals surface area (Å²) in [5.41, 5.74) is 0. The third kappa shape index (κ3) is 1.34. The summed E-state index contributed by atoms with van der Waals surface area (Å²) >= 11 is 0. The standard InChI is InChI=1S/C10H16N/c1-2-3-10-8-9-4-6-11(10)7-5-9/h2-3,9-10H,1,4-8H2. The highest BCUT2D eigenvalue weighted by Gasteiger charge is 2.32. The van der Waals surface area contributed by atoms with Crippen molar-refractivity contribution < 1.29 is 0 Å². The quantitative estimate of drug-likeness (QED) is 0.580. The van der Waals surface area contributed by atoms with Gasteiger partial charge in [-0.2, -0.15) is 0 Å². The molecule has 11 heavy (non-hydrogen) atoms. The van der Waals surface area contributed by atoms with Crippen LogP contribution in [0.1, 0.15) is 19.3 Å². The Bertz CT molecular complexity index is 145. The van der Waals surface area contributed by atoms with Crippen molar-refractivity contribution in [1.29, 1.82) is 0 Å². The number of rotatable bonds is 2. The van der Waals surface area contributed by atoms with Gasteiger partial charge in [0.2, 0.25) is 0 Å². The molecule has 3 fully saturated rings. The van der Waals surface area contributed by atoms with Crippen molar-refractivity contribution >= 4 is 0 Å². The molecule has 0 N–H and O–H groups in total. The number of nitrogens with zero attached hydrogens (tertiary/aromatic N) is 1. The average molecular weight is 150 g/mol. The van der Waals surface area contributed by atoms with Crippen LogP contribution in [-0.4, -0.2) is 24.0 Å². The smallest absolute Gasteiger partial charge is 0.0167 e. The fourth-order valence-electron chi connectivity index (χ4n) is 2.37. The van der Waals surface area contributed by atoms with Gasteiger partial charge in [0, 0.05) is 6.04 Å². The Morgan fingerprint density at radius 1 is 1.27 bits per heavy atom. The summed E-state index contributed by atoms with van der Waals surface area (Å²) in [6.07, 6.45) is 8.45. The van der Waals surface area contributed by atoms with Gasteiger partial charge in [0.15, 0.2) is 0 Å². The Kier molecular flexibility index (Phi) is 1.99. The van der Waals surface area contributed by atoms with E-state index in [1.54, 1.807) is 0 Å². The van der Waals surface area contributed by atoms with Crippen LogP contribution in [0.15, 0.2) is 12.7 Å². The van der Waals surface area contributed by atoms with Crippen LogP contribution in [0, 0.1) is 12.3 Å². The molecule has 1 atom stereocenters. The zero-order valence-electron chi connectivity index (χ0n) is 7.00. The maximum Gasteiger partial charge on any atom is 0.0167 e. The van der Waals surface area contributed by atoms with Gasteiger partial charge in [-0.25, -0.2) is 0 Å². The van der Waals surface area contributed by atoms with Gasteiger partial charge >= 0.3 is 0 Å². The minimum atomic E-state index is 0.722. The van der Waals surface area contributed by atoms with Crippen molar-refractivity contribution in [3.63, 3.8) is 0 Å². The summed E-state index contributed by atoms with van der Waals surface area (Å²) < 4.78 is 0. The molecule has 0 aliphatic carbocycles. The Morgan fingerprint density at radius 2 is 2.00 bits per heavy atom. The maximum absolute atomic E-state index is 3.76. The molecular formula is C10H16N. The maximum atomic E-state index is 3.76. The van der Waals surface area contributed by atoms with Gasteiger partial charge in [0.05, 0.1) is 0 Å². The lowest BCUT2D eigenvalue weighted by Crippen LogP contribution is -2.48. The second kappa shape index (κ2) is 2.98. The van der Waals surface area contributed by atoms with Crippen molar-refractivity contribution in [2.75, 3.05) is 13.1 Å². The zero-order valence-corrected chi connectivity index (χ0v) is 7.00. The van der Waals surface area contributed by atoms with Gasteiger partial charge in [-0.05, 0) is 44.7 Å². The lowest BCUT2D eigenvalue weighted by Gasteiger charge is -2.45. The summed E-state index contributed by atoms with van der Waals surface area (Å²) in [5, 5.41) is 0.